The zero-order valence-electron chi connectivity index (χ0n) is 30.1. The second-order valence-electron chi connectivity index (χ2n) is 15.3. The molecule has 1 aromatic rings. The van der Waals surface area contributed by atoms with Gasteiger partial charge in [0.2, 0.25) is 5.95 Å². The van der Waals surface area contributed by atoms with Crippen molar-refractivity contribution in [1.29, 1.82) is 0 Å². The number of allylic oxidation sites excluding steroid dienone is 1. The number of aliphatic hydroxyl groups is 1. The Balaban J connectivity index is 0.00000260. The molecular weight excluding hydrogens is 647 g/mol. The summed E-state index contributed by atoms with van der Waals surface area (Å²) < 4.78 is 0. The van der Waals surface area contributed by atoms with Crippen LogP contribution in [0.5, 0.6) is 0 Å². The quantitative estimate of drug-likeness (QED) is 0.323. The molecule has 6 rings (SSSR count). The third kappa shape index (κ3) is 6.87. The van der Waals surface area contributed by atoms with Gasteiger partial charge in [0.1, 0.15) is 17.4 Å². The summed E-state index contributed by atoms with van der Waals surface area (Å²) in [5.74, 6) is 4.48. The predicted octanol–water partition coefficient (Wildman–Crippen LogP) is 5.82. The minimum atomic E-state index is -0.416. The largest absolute Gasteiger partial charge is 0.393 e. The van der Waals surface area contributed by atoms with Crippen LogP contribution in [0.15, 0.2) is 17.7 Å². The average molecular weight is 708 g/mol. The topological polar surface area (TPSA) is 93.1 Å². The highest BCUT2D eigenvalue weighted by atomic mass is 35.5. The standard InChI is InChI=1S/C37H58N6O3.2ClH/c1-7-41(8-2)32-22-33(39-35(38-32)42(9-3)10-4)43-19-17-40(18-20-43)24-31(46)29-14-13-28-27-12-11-25-21-26(44)15-16-36(25,5)34(27)30(45)23-37(28,29)6;;/h21-22,27-30,34,45H,7-20,23-24H2,1-6H3;2*1H/t27-,28-,29+,30?,34+,36-,37-;;/m0../s1. The number of rotatable bonds is 10. The van der Waals surface area contributed by atoms with E-state index in [1.807, 2.05) is 6.08 Å². The maximum absolute atomic E-state index is 14.1. The fraction of sp³-hybridized carbons (Fsp3) is 0.784. The fourth-order valence-electron chi connectivity index (χ4n) is 10.6. The Morgan fingerprint density at radius 1 is 0.938 bits per heavy atom. The van der Waals surface area contributed by atoms with Crippen molar-refractivity contribution in [2.75, 3.05) is 73.6 Å². The molecule has 1 unspecified atom stereocenters. The normalized spacial score (nSPS) is 33.0. The van der Waals surface area contributed by atoms with Gasteiger partial charge in [-0.3, -0.25) is 14.5 Å². The molecule has 0 radical (unpaired) electrons. The lowest BCUT2D eigenvalue weighted by Gasteiger charge is -2.59. The number of fused-ring (bicyclic) bond motifs is 5. The van der Waals surface area contributed by atoms with Crippen LogP contribution in [0.1, 0.15) is 86.5 Å². The number of piperazine rings is 1. The summed E-state index contributed by atoms with van der Waals surface area (Å²) in [5, 5.41) is 11.8. The molecule has 48 heavy (non-hydrogen) atoms. The van der Waals surface area contributed by atoms with Crippen LogP contribution in [0.3, 0.4) is 0 Å². The maximum atomic E-state index is 14.1. The van der Waals surface area contributed by atoms with Gasteiger partial charge in [0.15, 0.2) is 5.78 Å². The van der Waals surface area contributed by atoms with Crippen LogP contribution in [-0.2, 0) is 9.59 Å². The molecule has 3 saturated carbocycles. The van der Waals surface area contributed by atoms with Crippen LogP contribution in [0.4, 0.5) is 17.6 Å². The molecule has 1 aromatic heterocycles. The van der Waals surface area contributed by atoms with E-state index >= 15 is 0 Å². The third-order valence-electron chi connectivity index (χ3n) is 13.2. The monoisotopic (exact) mass is 706 g/mol. The number of anilines is 3. The van der Waals surface area contributed by atoms with Crippen molar-refractivity contribution in [2.24, 2.45) is 34.5 Å². The molecular formula is C37H60Cl2N6O3. The number of nitrogens with zero attached hydrogens (tertiary/aromatic N) is 6. The summed E-state index contributed by atoms with van der Waals surface area (Å²) in [6.07, 6.45) is 7.67. The SMILES string of the molecule is CCN(CC)c1cc(N2CCN(CC(=O)[C@H]3CC[C@H]4[C@@H]5CCC6=CC(=O)CC[C@]6(C)[C@H]5C(O)C[C@]34C)CC2)nc(N(CC)CC)n1.Cl.Cl. The average Bonchev–Trinajstić information content (AvgIpc) is 3.39. The number of carbonyl (C=O) groups is 2. The maximum Gasteiger partial charge on any atom is 0.229 e. The first kappa shape index (κ1) is 38.9. The highest BCUT2D eigenvalue weighted by Gasteiger charge is 2.62. The summed E-state index contributed by atoms with van der Waals surface area (Å²) in [5.41, 5.74) is 1.04. The molecule has 1 aliphatic heterocycles. The van der Waals surface area contributed by atoms with E-state index in [4.69, 9.17) is 9.97 Å². The Bertz CT molecular complexity index is 1300. The van der Waals surface area contributed by atoms with E-state index in [-0.39, 0.29) is 53.3 Å². The van der Waals surface area contributed by atoms with E-state index in [2.05, 4.69) is 67.2 Å². The number of carbonyl (C=O) groups excluding carboxylic acids is 2. The lowest BCUT2D eigenvalue weighted by molar-refractivity contribution is -0.145. The summed E-state index contributed by atoms with van der Waals surface area (Å²) in [4.78, 5) is 45.5. The van der Waals surface area contributed by atoms with Crippen LogP contribution in [-0.4, -0.2) is 96.5 Å². The van der Waals surface area contributed by atoms with Gasteiger partial charge >= 0.3 is 0 Å². The molecule has 7 atom stereocenters. The number of ketones is 2. The lowest BCUT2D eigenvalue weighted by atomic mass is 9.46. The zero-order valence-corrected chi connectivity index (χ0v) is 31.8. The number of halogens is 2. The number of hydrogen-bond donors (Lipinski definition) is 1. The zero-order chi connectivity index (χ0) is 32.8. The Morgan fingerprint density at radius 3 is 2.25 bits per heavy atom. The van der Waals surface area contributed by atoms with Crippen molar-refractivity contribution >= 4 is 54.0 Å². The molecule has 270 valence electrons. The first-order chi connectivity index (χ1) is 22.1. The van der Waals surface area contributed by atoms with Gasteiger partial charge in [0.25, 0.3) is 0 Å². The van der Waals surface area contributed by atoms with Crippen LogP contribution in [0, 0.1) is 34.5 Å². The first-order valence-corrected chi connectivity index (χ1v) is 18.4. The van der Waals surface area contributed by atoms with Crippen LogP contribution >= 0.6 is 24.8 Å². The van der Waals surface area contributed by atoms with Gasteiger partial charge in [-0.05, 0) is 101 Å². The molecule has 0 aromatic carbocycles. The van der Waals surface area contributed by atoms with Crippen molar-refractivity contribution < 1.29 is 14.7 Å². The molecule has 11 heteroatoms. The van der Waals surface area contributed by atoms with Crippen molar-refractivity contribution in [1.82, 2.24) is 14.9 Å². The lowest BCUT2D eigenvalue weighted by Crippen LogP contribution is -2.57. The van der Waals surface area contributed by atoms with Crippen LogP contribution in [0.2, 0.25) is 0 Å². The molecule has 1 saturated heterocycles. The van der Waals surface area contributed by atoms with E-state index in [1.165, 1.54) is 5.57 Å². The molecule has 0 bridgehead atoms. The summed E-state index contributed by atoms with van der Waals surface area (Å²) >= 11 is 0. The first-order valence-electron chi connectivity index (χ1n) is 18.4. The van der Waals surface area contributed by atoms with Crippen molar-refractivity contribution in [2.45, 2.75) is 92.6 Å². The molecule has 0 spiro atoms. The minimum Gasteiger partial charge on any atom is -0.393 e. The van der Waals surface area contributed by atoms with E-state index in [1.54, 1.807) is 0 Å². The Kier molecular flexibility index (Phi) is 12.6. The van der Waals surface area contributed by atoms with E-state index in [9.17, 15) is 14.7 Å². The van der Waals surface area contributed by atoms with E-state index < -0.39 is 6.10 Å². The molecule has 0 amide bonds. The molecule has 1 N–H and O–H groups in total. The van der Waals surface area contributed by atoms with Crippen molar-refractivity contribution in [3.63, 3.8) is 0 Å². The fourth-order valence-corrected chi connectivity index (χ4v) is 10.6. The molecule has 4 fully saturated rings. The number of hydrogen-bond acceptors (Lipinski definition) is 9. The van der Waals surface area contributed by atoms with Gasteiger partial charge in [-0.15, -0.1) is 24.8 Å². The Hall–Kier alpha value is -1.94. The molecule has 4 aliphatic carbocycles. The van der Waals surface area contributed by atoms with Gasteiger partial charge in [-0.2, -0.15) is 9.97 Å². The summed E-state index contributed by atoms with van der Waals surface area (Å²) in [6, 6.07) is 2.14. The van der Waals surface area contributed by atoms with Gasteiger partial charge < -0.3 is 19.8 Å². The van der Waals surface area contributed by atoms with Gasteiger partial charge in [-0.1, -0.05) is 19.4 Å². The highest BCUT2D eigenvalue weighted by molar-refractivity contribution is 5.91. The molecule has 9 nitrogen and oxygen atoms in total. The second kappa shape index (κ2) is 15.5. The number of aliphatic hydroxyl groups excluding tert-OH is 1. The Labute approximate surface area is 301 Å². The van der Waals surface area contributed by atoms with Gasteiger partial charge in [0.05, 0.1) is 12.6 Å². The van der Waals surface area contributed by atoms with E-state index in [0.29, 0.717) is 37.0 Å². The number of aromatic nitrogens is 2. The van der Waals surface area contributed by atoms with Crippen LogP contribution in [0.25, 0.3) is 0 Å². The molecule has 2 heterocycles. The summed E-state index contributed by atoms with van der Waals surface area (Å²) in [6.45, 7) is 20.6. The van der Waals surface area contributed by atoms with E-state index in [0.717, 1.165) is 102 Å². The Morgan fingerprint density at radius 2 is 1.60 bits per heavy atom. The highest BCUT2D eigenvalue weighted by Crippen LogP contribution is 2.66. The predicted molar refractivity (Wildman–Crippen MR) is 199 cm³/mol. The smallest absolute Gasteiger partial charge is 0.229 e. The number of Topliss-reactive ketones (excluding diaryl/α,β-unsaturated/α-hetero) is 1. The molecule has 5 aliphatic rings. The van der Waals surface area contributed by atoms with Crippen molar-refractivity contribution in [3.05, 3.63) is 17.7 Å². The summed E-state index contributed by atoms with van der Waals surface area (Å²) in [7, 11) is 0. The van der Waals surface area contributed by atoms with Gasteiger partial charge in [0, 0.05) is 70.8 Å². The minimum absolute atomic E-state index is 0. The van der Waals surface area contributed by atoms with Crippen molar-refractivity contribution in [3.8, 4) is 0 Å². The second-order valence-corrected chi connectivity index (χ2v) is 15.3. The van der Waals surface area contributed by atoms with Crippen LogP contribution < -0.4 is 14.7 Å². The van der Waals surface area contributed by atoms with Gasteiger partial charge in [-0.25, -0.2) is 0 Å². The third-order valence-corrected chi connectivity index (χ3v) is 13.2.